The van der Waals surface area contributed by atoms with Gasteiger partial charge >= 0.3 is 0 Å². The first kappa shape index (κ1) is 16.3. The SMILES string of the molecule is CC(O)COc1cccc(-c2cccc(OCC(C)O)c2)c1. The smallest absolute Gasteiger partial charge is 0.120 e. The van der Waals surface area contributed by atoms with Crippen molar-refractivity contribution >= 4 is 0 Å². The molecule has 0 aliphatic rings. The minimum absolute atomic E-state index is 0.265. The number of hydrogen-bond acceptors (Lipinski definition) is 4. The van der Waals surface area contributed by atoms with Gasteiger partial charge in [-0.2, -0.15) is 0 Å². The molecule has 2 atom stereocenters. The van der Waals surface area contributed by atoms with Gasteiger partial charge in [0.2, 0.25) is 0 Å². The molecule has 2 unspecified atom stereocenters. The second kappa shape index (κ2) is 7.82. The van der Waals surface area contributed by atoms with E-state index in [1.54, 1.807) is 13.8 Å². The van der Waals surface area contributed by atoms with Gasteiger partial charge in [-0.3, -0.25) is 0 Å². The second-order valence-corrected chi connectivity index (χ2v) is 5.38. The third kappa shape index (κ3) is 5.06. The molecule has 2 aromatic rings. The van der Waals surface area contributed by atoms with Gasteiger partial charge in [-0.05, 0) is 49.2 Å². The molecule has 0 saturated carbocycles. The normalized spacial score (nSPS) is 13.5. The van der Waals surface area contributed by atoms with Crippen LogP contribution in [0.25, 0.3) is 11.1 Å². The molecule has 0 aliphatic carbocycles. The van der Waals surface area contributed by atoms with Crippen molar-refractivity contribution in [1.82, 2.24) is 0 Å². The first-order valence-electron chi connectivity index (χ1n) is 7.37. The minimum atomic E-state index is -0.499. The first-order chi connectivity index (χ1) is 10.5. The monoisotopic (exact) mass is 302 g/mol. The molecule has 0 spiro atoms. The number of aliphatic hydroxyl groups is 2. The van der Waals surface area contributed by atoms with Crippen molar-refractivity contribution in [3.05, 3.63) is 48.5 Å². The Bertz CT molecular complexity index is 540. The van der Waals surface area contributed by atoms with Crippen molar-refractivity contribution in [3.8, 4) is 22.6 Å². The highest BCUT2D eigenvalue weighted by atomic mass is 16.5. The van der Waals surface area contributed by atoms with E-state index >= 15 is 0 Å². The van der Waals surface area contributed by atoms with Crippen molar-refractivity contribution in [1.29, 1.82) is 0 Å². The summed E-state index contributed by atoms with van der Waals surface area (Å²) in [6, 6.07) is 15.4. The summed E-state index contributed by atoms with van der Waals surface area (Å²) in [5, 5.41) is 18.6. The Labute approximate surface area is 130 Å². The quantitative estimate of drug-likeness (QED) is 0.825. The summed E-state index contributed by atoms with van der Waals surface area (Å²) in [5.41, 5.74) is 2.01. The predicted molar refractivity (Wildman–Crippen MR) is 86.2 cm³/mol. The highest BCUT2D eigenvalue weighted by Gasteiger charge is 2.04. The van der Waals surface area contributed by atoms with Gasteiger partial charge in [0.05, 0.1) is 12.2 Å². The van der Waals surface area contributed by atoms with Crippen LogP contribution in [0.15, 0.2) is 48.5 Å². The second-order valence-electron chi connectivity index (χ2n) is 5.38. The van der Waals surface area contributed by atoms with E-state index in [4.69, 9.17) is 9.47 Å². The number of ether oxygens (including phenoxy) is 2. The molecular weight excluding hydrogens is 280 g/mol. The zero-order chi connectivity index (χ0) is 15.9. The van der Waals surface area contributed by atoms with E-state index in [0.29, 0.717) is 11.5 Å². The Morgan fingerprint density at radius 3 is 1.55 bits per heavy atom. The molecule has 2 aromatic carbocycles. The van der Waals surface area contributed by atoms with Gasteiger partial charge in [-0.15, -0.1) is 0 Å². The lowest BCUT2D eigenvalue weighted by molar-refractivity contribution is 0.122. The third-order valence-electron chi connectivity index (χ3n) is 2.98. The summed E-state index contributed by atoms with van der Waals surface area (Å²) in [7, 11) is 0. The van der Waals surface area contributed by atoms with Crippen molar-refractivity contribution in [2.24, 2.45) is 0 Å². The van der Waals surface area contributed by atoms with E-state index in [0.717, 1.165) is 11.1 Å². The van der Waals surface area contributed by atoms with Crippen LogP contribution in [0.2, 0.25) is 0 Å². The summed E-state index contributed by atoms with van der Waals surface area (Å²) in [6.07, 6.45) is -0.998. The maximum absolute atomic E-state index is 9.28. The van der Waals surface area contributed by atoms with Gasteiger partial charge in [-0.25, -0.2) is 0 Å². The van der Waals surface area contributed by atoms with Crippen LogP contribution in [0.3, 0.4) is 0 Å². The van der Waals surface area contributed by atoms with E-state index in [2.05, 4.69) is 0 Å². The maximum Gasteiger partial charge on any atom is 0.120 e. The van der Waals surface area contributed by atoms with Crippen molar-refractivity contribution in [2.75, 3.05) is 13.2 Å². The highest BCUT2D eigenvalue weighted by Crippen LogP contribution is 2.27. The molecule has 0 bridgehead atoms. The Kier molecular flexibility index (Phi) is 5.81. The van der Waals surface area contributed by atoms with E-state index in [9.17, 15) is 10.2 Å². The average molecular weight is 302 g/mol. The molecule has 0 fully saturated rings. The number of rotatable bonds is 7. The summed E-state index contributed by atoms with van der Waals surface area (Å²) < 4.78 is 11.0. The molecule has 4 nitrogen and oxygen atoms in total. The van der Waals surface area contributed by atoms with Crippen LogP contribution in [-0.2, 0) is 0 Å². The Hall–Kier alpha value is -2.04. The molecule has 0 amide bonds. The Balaban J connectivity index is 2.13. The van der Waals surface area contributed by atoms with E-state index in [1.807, 2.05) is 48.5 Å². The highest BCUT2D eigenvalue weighted by molar-refractivity contribution is 5.66. The van der Waals surface area contributed by atoms with Gasteiger partial charge in [0, 0.05) is 0 Å². The van der Waals surface area contributed by atoms with Crippen LogP contribution < -0.4 is 9.47 Å². The Morgan fingerprint density at radius 1 is 0.773 bits per heavy atom. The third-order valence-corrected chi connectivity index (χ3v) is 2.98. The molecule has 2 N–H and O–H groups in total. The van der Waals surface area contributed by atoms with Crippen LogP contribution in [0.1, 0.15) is 13.8 Å². The molecule has 0 aromatic heterocycles. The first-order valence-corrected chi connectivity index (χ1v) is 7.37. The van der Waals surface area contributed by atoms with E-state index in [-0.39, 0.29) is 13.2 Å². The van der Waals surface area contributed by atoms with Crippen LogP contribution >= 0.6 is 0 Å². The van der Waals surface area contributed by atoms with Crippen molar-refractivity contribution in [2.45, 2.75) is 26.1 Å². The molecule has 4 heteroatoms. The van der Waals surface area contributed by atoms with Gasteiger partial charge in [0.25, 0.3) is 0 Å². The van der Waals surface area contributed by atoms with Gasteiger partial charge in [0.1, 0.15) is 24.7 Å². The van der Waals surface area contributed by atoms with Crippen molar-refractivity contribution < 1.29 is 19.7 Å². The minimum Gasteiger partial charge on any atom is -0.491 e. The molecule has 0 heterocycles. The summed E-state index contributed by atoms with van der Waals surface area (Å²) in [6.45, 7) is 3.90. The van der Waals surface area contributed by atoms with Gasteiger partial charge in [-0.1, -0.05) is 24.3 Å². The number of benzene rings is 2. The lowest BCUT2D eigenvalue weighted by atomic mass is 10.1. The summed E-state index contributed by atoms with van der Waals surface area (Å²) in [5.74, 6) is 1.43. The van der Waals surface area contributed by atoms with E-state index < -0.39 is 12.2 Å². The lowest BCUT2D eigenvalue weighted by Gasteiger charge is -2.11. The zero-order valence-corrected chi connectivity index (χ0v) is 12.9. The largest absolute Gasteiger partial charge is 0.491 e. The fraction of sp³-hybridized carbons (Fsp3) is 0.333. The fourth-order valence-corrected chi connectivity index (χ4v) is 1.96. The van der Waals surface area contributed by atoms with Crippen LogP contribution in [0, 0.1) is 0 Å². The molecule has 0 aliphatic heterocycles. The molecular formula is C18H22O4. The predicted octanol–water partition coefficient (Wildman–Crippen LogP) is 2.87. The molecule has 2 rings (SSSR count). The molecule has 22 heavy (non-hydrogen) atoms. The Morgan fingerprint density at radius 2 is 1.18 bits per heavy atom. The maximum atomic E-state index is 9.28. The zero-order valence-electron chi connectivity index (χ0n) is 12.9. The van der Waals surface area contributed by atoms with Crippen LogP contribution in [0.4, 0.5) is 0 Å². The molecule has 0 saturated heterocycles. The number of hydrogen-bond donors (Lipinski definition) is 2. The topological polar surface area (TPSA) is 58.9 Å². The van der Waals surface area contributed by atoms with Gasteiger partial charge in [0.15, 0.2) is 0 Å². The lowest BCUT2D eigenvalue weighted by Crippen LogP contribution is -2.12. The average Bonchev–Trinajstić information content (AvgIpc) is 2.51. The standard InChI is InChI=1S/C18H22O4/c1-13(19)11-21-17-7-3-5-15(9-17)16-6-4-8-18(10-16)22-12-14(2)20/h3-10,13-14,19-20H,11-12H2,1-2H3. The van der Waals surface area contributed by atoms with Crippen molar-refractivity contribution in [3.63, 3.8) is 0 Å². The summed E-state index contributed by atoms with van der Waals surface area (Å²) >= 11 is 0. The molecule has 118 valence electrons. The molecule has 0 radical (unpaired) electrons. The van der Waals surface area contributed by atoms with Crippen LogP contribution in [-0.4, -0.2) is 35.6 Å². The summed E-state index contributed by atoms with van der Waals surface area (Å²) in [4.78, 5) is 0. The van der Waals surface area contributed by atoms with Crippen LogP contribution in [0.5, 0.6) is 11.5 Å². The van der Waals surface area contributed by atoms with Gasteiger partial charge < -0.3 is 19.7 Å². The number of aliphatic hydroxyl groups excluding tert-OH is 2. The fourth-order valence-electron chi connectivity index (χ4n) is 1.96. The van der Waals surface area contributed by atoms with E-state index in [1.165, 1.54) is 0 Å².